The van der Waals surface area contributed by atoms with Crippen molar-refractivity contribution in [2.45, 2.75) is 53.1 Å². The lowest BCUT2D eigenvalue weighted by atomic mass is 10.1. The van der Waals surface area contributed by atoms with E-state index >= 15 is 0 Å². The van der Waals surface area contributed by atoms with Gasteiger partial charge in [-0.1, -0.05) is 73.5 Å². The zero-order chi connectivity index (χ0) is 21.4. The Kier molecular flexibility index (Phi) is 8.71. The van der Waals surface area contributed by atoms with Gasteiger partial charge in [-0.15, -0.1) is 0 Å². The summed E-state index contributed by atoms with van der Waals surface area (Å²) in [5.41, 5.74) is 3.08. The summed E-state index contributed by atoms with van der Waals surface area (Å²) in [6.07, 6.45) is 0.848. The average molecular weight is 415 g/mol. The van der Waals surface area contributed by atoms with E-state index in [1.165, 1.54) is 0 Å². The Bertz CT molecular complexity index is 835. The van der Waals surface area contributed by atoms with Gasteiger partial charge >= 0.3 is 0 Å². The molecule has 0 saturated heterocycles. The van der Waals surface area contributed by atoms with E-state index in [4.69, 9.17) is 11.6 Å². The minimum absolute atomic E-state index is 0.0568. The predicted molar refractivity (Wildman–Crippen MR) is 119 cm³/mol. The van der Waals surface area contributed by atoms with Crippen molar-refractivity contribution in [3.8, 4) is 0 Å². The second-order valence-electron chi connectivity index (χ2n) is 7.92. The fourth-order valence-electron chi connectivity index (χ4n) is 3.13. The molecule has 0 aliphatic heterocycles. The van der Waals surface area contributed by atoms with Gasteiger partial charge in [-0.3, -0.25) is 9.59 Å². The van der Waals surface area contributed by atoms with Crippen LogP contribution in [0.5, 0.6) is 0 Å². The van der Waals surface area contributed by atoms with Crippen LogP contribution in [0.15, 0.2) is 48.5 Å². The molecular weight excluding hydrogens is 384 g/mol. The molecule has 1 atom stereocenters. The van der Waals surface area contributed by atoms with Gasteiger partial charge in [0.1, 0.15) is 6.04 Å². The molecule has 0 unspecified atom stereocenters. The lowest BCUT2D eigenvalue weighted by molar-refractivity contribution is -0.140. The first-order valence-electron chi connectivity index (χ1n) is 10.1. The minimum atomic E-state index is -0.548. The molecule has 156 valence electrons. The molecule has 5 heteroatoms. The third kappa shape index (κ3) is 7.21. The summed E-state index contributed by atoms with van der Waals surface area (Å²) in [5, 5.41) is 3.60. The maximum Gasteiger partial charge on any atom is 0.242 e. The summed E-state index contributed by atoms with van der Waals surface area (Å²) < 4.78 is 0. The highest BCUT2D eigenvalue weighted by molar-refractivity contribution is 6.31. The monoisotopic (exact) mass is 414 g/mol. The van der Waals surface area contributed by atoms with Crippen molar-refractivity contribution >= 4 is 23.4 Å². The number of amides is 2. The molecule has 0 aromatic heterocycles. The number of hydrogen-bond acceptors (Lipinski definition) is 2. The Hall–Kier alpha value is -2.33. The number of carbonyl (C=O) groups is 2. The van der Waals surface area contributed by atoms with Crippen LogP contribution in [0.2, 0.25) is 5.02 Å². The molecule has 4 nitrogen and oxygen atoms in total. The van der Waals surface area contributed by atoms with Crippen molar-refractivity contribution in [1.29, 1.82) is 0 Å². The average Bonchev–Trinajstić information content (AvgIpc) is 2.69. The number of nitrogens with zero attached hydrogens (tertiary/aromatic N) is 1. The van der Waals surface area contributed by atoms with Crippen LogP contribution in [-0.2, 0) is 22.6 Å². The molecule has 2 amide bonds. The van der Waals surface area contributed by atoms with Crippen LogP contribution < -0.4 is 5.32 Å². The van der Waals surface area contributed by atoms with E-state index < -0.39 is 6.04 Å². The second kappa shape index (κ2) is 11.0. The van der Waals surface area contributed by atoms with Gasteiger partial charge in [0.25, 0.3) is 0 Å². The summed E-state index contributed by atoms with van der Waals surface area (Å²) in [6, 6.07) is 15.0. The Balaban J connectivity index is 2.14. The fourth-order valence-corrected chi connectivity index (χ4v) is 3.36. The van der Waals surface area contributed by atoms with Gasteiger partial charge in [-0.25, -0.2) is 0 Å². The third-order valence-corrected chi connectivity index (χ3v) is 5.22. The van der Waals surface area contributed by atoms with Gasteiger partial charge in [-0.2, -0.15) is 0 Å². The van der Waals surface area contributed by atoms with Crippen LogP contribution in [0.25, 0.3) is 0 Å². The summed E-state index contributed by atoms with van der Waals surface area (Å²) in [6.45, 7) is 8.90. The largest absolute Gasteiger partial charge is 0.354 e. The number of benzene rings is 2. The molecule has 1 N–H and O–H groups in total. The number of hydrogen-bond donors (Lipinski definition) is 1. The minimum Gasteiger partial charge on any atom is -0.354 e. The molecule has 0 bridgehead atoms. The maximum absolute atomic E-state index is 13.1. The topological polar surface area (TPSA) is 49.4 Å². The van der Waals surface area contributed by atoms with Gasteiger partial charge < -0.3 is 10.2 Å². The van der Waals surface area contributed by atoms with Gasteiger partial charge in [0.15, 0.2) is 0 Å². The molecule has 0 radical (unpaired) electrons. The number of halogens is 1. The number of rotatable bonds is 9. The second-order valence-corrected chi connectivity index (χ2v) is 8.32. The van der Waals surface area contributed by atoms with Gasteiger partial charge in [0, 0.05) is 24.5 Å². The van der Waals surface area contributed by atoms with Crippen LogP contribution in [0.1, 0.15) is 43.9 Å². The summed E-state index contributed by atoms with van der Waals surface area (Å²) in [7, 11) is 0. The maximum atomic E-state index is 13.1. The number of nitrogens with one attached hydrogen (secondary N) is 1. The molecule has 0 aliphatic carbocycles. The van der Waals surface area contributed by atoms with E-state index in [1.54, 1.807) is 11.8 Å². The highest BCUT2D eigenvalue weighted by Gasteiger charge is 2.26. The first kappa shape index (κ1) is 23.0. The molecule has 0 fully saturated rings. The molecule has 2 rings (SSSR count). The summed E-state index contributed by atoms with van der Waals surface area (Å²) in [4.78, 5) is 27.4. The Labute approximate surface area is 179 Å². The van der Waals surface area contributed by atoms with Crippen molar-refractivity contribution in [3.05, 3.63) is 70.2 Å². The van der Waals surface area contributed by atoms with Crippen LogP contribution in [-0.4, -0.2) is 29.3 Å². The van der Waals surface area contributed by atoms with Crippen molar-refractivity contribution < 1.29 is 9.59 Å². The summed E-state index contributed by atoms with van der Waals surface area (Å²) >= 11 is 6.23. The summed E-state index contributed by atoms with van der Waals surface area (Å²) in [5.74, 6) is 0.170. The van der Waals surface area contributed by atoms with E-state index in [0.717, 1.165) is 16.7 Å². The fraction of sp³-hybridized carbons (Fsp3) is 0.417. The van der Waals surface area contributed by atoms with Gasteiger partial charge in [-0.05, 0) is 43.4 Å². The first-order valence-corrected chi connectivity index (χ1v) is 10.5. The van der Waals surface area contributed by atoms with Crippen LogP contribution >= 0.6 is 11.6 Å². The molecule has 2 aromatic rings. The number of carbonyl (C=O) groups excluding carboxylic acids is 2. The van der Waals surface area contributed by atoms with E-state index in [1.807, 2.05) is 69.3 Å². The van der Waals surface area contributed by atoms with Gasteiger partial charge in [0.2, 0.25) is 11.8 Å². The molecular formula is C24H31ClN2O2. The Morgan fingerprint density at radius 1 is 1.07 bits per heavy atom. The molecule has 29 heavy (non-hydrogen) atoms. The van der Waals surface area contributed by atoms with Crippen molar-refractivity contribution in [1.82, 2.24) is 10.2 Å². The van der Waals surface area contributed by atoms with Gasteiger partial charge in [0.05, 0.1) is 0 Å². The zero-order valence-electron chi connectivity index (χ0n) is 17.7. The molecule has 0 heterocycles. The van der Waals surface area contributed by atoms with E-state index in [9.17, 15) is 9.59 Å². The Morgan fingerprint density at radius 2 is 1.79 bits per heavy atom. The molecule has 0 aliphatic rings. The lowest BCUT2D eigenvalue weighted by Crippen LogP contribution is -2.48. The third-order valence-electron chi connectivity index (χ3n) is 4.85. The Morgan fingerprint density at radius 3 is 2.45 bits per heavy atom. The number of aryl methyl sites for hydroxylation is 2. The highest BCUT2D eigenvalue weighted by atomic mass is 35.5. The van der Waals surface area contributed by atoms with Crippen LogP contribution in [0, 0.1) is 12.8 Å². The lowest BCUT2D eigenvalue weighted by Gasteiger charge is -2.29. The van der Waals surface area contributed by atoms with E-state index in [2.05, 4.69) is 5.32 Å². The smallest absolute Gasteiger partial charge is 0.242 e. The van der Waals surface area contributed by atoms with E-state index in [-0.39, 0.29) is 11.8 Å². The van der Waals surface area contributed by atoms with Crippen LogP contribution in [0.3, 0.4) is 0 Å². The highest BCUT2D eigenvalue weighted by Crippen LogP contribution is 2.18. The van der Waals surface area contributed by atoms with Crippen molar-refractivity contribution in [2.75, 3.05) is 6.54 Å². The van der Waals surface area contributed by atoms with E-state index in [0.29, 0.717) is 36.9 Å². The van der Waals surface area contributed by atoms with Crippen LogP contribution in [0.4, 0.5) is 0 Å². The first-order chi connectivity index (χ1) is 13.8. The molecule has 0 spiro atoms. The molecule has 2 aromatic carbocycles. The normalized spacial score (nSPS) is 11.9. The molecule has 0 saturated carbocycles. The van der Waals surface area contributed by atoms with Crippen molar-refractivity contribution in [2.24, 2.45) is 5.92 Å². The predicted octanol–water partition coefficient (Wildman–Crippen LogP) is 4.77. The standard InChI is InChI=1S/C24H31ClN2O2/c1-17(2)15-26-24(29)19(4)27(16-20-9-7-8-18(3)14-20)23(28)13-12-21-10-5-6-11-22(21)25/h5-11,14,17,19H,12-13,15-16H2,1-4H3,(H,26,29)/t19-/m1/s1. The zero-order valence-corrected chi connectivity index (χ0v) is 18.5. The van der Waals surface area contributed by atoms with Crippen molar-refractivity contribution in [3.63, 3.8) is 0 Å². The quantitative estimate of drug-likeness (QED) is 0.642. The SMILES string of the molecule is Cc1cccc(CN(C(=O)CCc2ccccc2Cl)[C@H](C)C(=O)NCC(C)C)c1.